The maximum absolute atomic E-state index is 4.71. The number of hydrogen-bond acceptors (Lipinski definition) is 7. The van der Waals surface area contributed by atoms with Gasteiger partial charge in [0.15, 0.2) is 0 Å². The minimum Gasteiger partial charge on any atom is -0.340 e. The fourth-order valence-corrected chi connectivity index (χ4v) is 7.81. The van der Waals surface area contributed by atoms with E-state index in [2.05, 4.69) is 86.4 Å². The molecule has 0 spiro atoms. The monoisotopic (exact) mass is 551 g/mol. The summed E-state index contributed by atoms with van der Waals surface area (Å²) in [5.74, 6) is 1.68. The summed E-state index contributed by atoms with van der Waals surface area (Å²) in [6.45, 7) is 4.46. The number of nitrogens with one attached hydrogen (secondary N) is 1. The van der Waals surface area contributed by atoms with Crippen LogP contribution in [0, 0.1) is 5.92 Å². The van der Waals surface area contributed by atoms with Crippen molar-refractivity contribution in [3.63, 3.8) is 0 Å². The normalized spacial score (nSPS) is 19.6. The van der Waals surface area contributed by atoms with Crippen LogP contribution in [0.2, 0.25) is 0 Å². The van der Waals surface area contributed by atoms with Crippen molar-refractivity contribution in [2.75, 3.05) is 39.0 Å². The summed E-state index contributed by atoms with van der Waals surface area (Å²) in [6, 6.07) is 17.7. The molecule has 206 valence electrons. The molecule has 0 bridgehead atoms. The van der Waals surface area contributed by atoms with Gasteiger partial charge in [-0.15, -0.1) is 11.3 Å². The van der Waals surface area contributed by atoms with E-state index in [0.29, 0.717) is 0 Å². The van der Waals surface area contributed by atoms with Crippen LogP contribution < -0.4 is 5.32 Å². The molecule has 2 unspecified atom stereocenters. The van der Waals surface area contributed by atoms with Crippen molar-refractivity contribution >= 4 is 44.0 Å². The molecule has 1 saturated heterocycles. The van der Waals surface area contributed by atoms with Crippen LogP contribution in [-0.4, -0.2) is 69.3 Å². The Morgan fingerprint density at radius 2 is 1.98 bits per heavy atom. The molecular formula is C32H37N7S. The van der Waals surface area contributed by atoms with Crippen LogP contribution in [0.4, 0.5) is 11.5 Å². The van der Waals surface area contributed by atoms with Gasteiger partial charge >= 0.3 is 0 Å². The van der Waals surface area contributed by atoms with Crippen molar-refractivity contribution in [1.82, 2.24) is 29.5 Å². The lowest BCUT2D eigenvalue weighted by Crippen LogP contribution is -2.32. The standard InChI is InChI=1S/C32H37N7S/c1-37(2)26-13-15-38(20-26)14-12-22-8-10-27-29(16-22)40-32-30(27)31(33-21-34-32)36-25-9-11-28-24(17-25)18-35-39(28)19-23-6-4-3-5-7-23/h3-7,9,11,17-18,21-22,26H,8,10,12-16,19-20H2,1-2H3,(H,33,34,36). The number of nitrogens with zero attached hydrogens (tertiary/aromatic N) is 6. The first-order valence-corrected chi connectivity index (χ1v) is 15.3. The van der Waals surface area contributed by atoms with Gasteiger partial charge < -0.3 is 15.1 Å². The third kappa shape index (κ3) is 5.11. The number of aromatic nitrogens is 4. The van der Waals surface area contributed by atoms with Crippen molar-refractivity contribution in [3.8, 4) is 0 Å². The van der Waals surface area contributed by atoms with Crippen molar-refractivity contribution in [2.45, 2.75) is 44.7 Å². The highest BCUT2D eigenvalue weighted by Gasteiger charge is 2.28. The molecule has 1 aliphatic carbocycles. The summed E-state index contributed by atoms with van der Waals surface area (Å²) in [7, 11) is 4.42. The highest BCUT2D eigenvalue weighted by atomic mass is 32.1. The zero-order chi connectivity index (χ0) is 27.1. The summed E-state index contributed by atoms with van der Waals surface area (Å²) >= 11 is 1.87. The summed E-state index contributed by atoms with van der Waals surface area (Å²) in [4.78, 5) is 17.1. The second kappa shape index (κ2) is 10.9. The number of aryl methyl sites for hydroxylation is 1. The number of rotatable bonds is 8. The predicted octanol–water partition coefficient (Wildman–Crippen LogP) is 5.96. The summed E-state index contributed by atoms with van der Waals surface area (Å²) in [5.41, 5.74) is 4.87. The van der Waals surface area contributed by atoms with E-state index < -0.39 is 0 Å². The average Bonchev–Trinajstić information content (AvgIpc) is 3.70. The second-order valence-corrected chi connectivity index (χ2v) is 12.8. The molecule has 1 fully saturated rings. The van der Waals surface area contributed by atoms with Gasteiger partial charge in [0, 0.05) is 28.5 Å². The molecule has 7 rings (SSSR count). The lowest BCUT2D eigenvalue weighted by Gasteiger charge is -2.25. The van der Waals surface area contributed by atoms with Crippen LogP contribution in [-0.2, 0) is 19.4 Å². The Kier molecular flexibility index (Phi) is 6.99. The Morgan fingerprint density at radius 3 is 2.83 bits per heavy atom. The fraction of sp³-hybridized carbons (Fsp3) is 0.406. The second-order valence-electron chi connectivity index (χ2n) is 11.7. The molecule has 7 nitrogen and oxygen atoms in total. The molecule has 2 atom stereocenters. The summed E-state index contributed by atoms with van der Waals surface area (Å²) < 4.78 is 2.06. The fourth-order valence-electron chi connectivity index (χ4n) is 6.51. The van der Waals surface area contributed by atoms with E-state index in [1.165, 1.54) is 66.7 Å². The van der Waals surface area contributed by atoms with E-state index >= 15 is 0 Å². The van der Waals surface area contributed by atoms with E-state index in [1.807, 2.05) is 23.6 Å². The highest BCUT2D eigenvalue weighted by molar-refractivity contribution is 7.19. The van der Waals surface area contributed by atoms with Gasteiger partial charge in [-0.2, -0.15) is 5.10 Å². The number of anilines is 2. The number of thiophene rings is 1. The van der Waals surface area contributed by atoms with Gasteiger partial charge in [-0.05, 0) is 94.5 Å². The molecule has 0 amide bonds. The molecule has 0 radical (unpaired) electrons. The van der Waals surface area contributed by atoms with Gasteiger partial charge in [-0.3, -0.25) is 4.68 Å². The lowest BCUT2D eigenvalue weighted by molar-refractivity contribution is 0.252. The van der Waals surface area contributed by atoms with Crippen LogP contribution >= 0.6 is 11.3 Å². The molecule has 40 heavy (non-hydrogen) atoms. The van der Waals surface area contributed by atoms with Crippen LogP contribution in [0.3, 0.4) is 0 Å². The van der Waals surface area contributed by atoms with Gasteiger partial charge in [0.1, 0.15) is 17.0 Å². The molecule has 2 aliphatic rings. The zero-order valence-electron chi connectivity index (χ0n) is 23.4. The maximum atomic E-state index is 4.71. The largest absolute Gasteiger partial charge is 0.340 e. The van der Waals surface area contributed by atoms with Gasteiger partial charge in [0.05, 0.1) is 23.6 Å². The van der Waals surface area contributed by atoms with Crippen LogP contribution in [0.25, 0.3) is 21.1 Å². The lowest BCUT2D eigenvalue weighted by atomic mass is 9.85. The molecule has 1 N–H and O–H groups in total. The Morgan fingerprint density at radius 1 is 1.07 bits per heavy atom. The molecular weight excluding hydrogens is 514 g/mol. The van der Waals surface area contributed by atoms with Gasteiger partial charge in [-0.1, -0.05) is 30.3 Å². The SMILES string of the molecule is CN(C)C1CCN(CCC2CCc3c(sc4ncnc(Nc5ccc6c(cnn6Cc6ccccc6)c5)c34)C2)C1. The van der Waals surface area contributed by atoms with E-state index in [0.717, 1.165) is 52.2 Å². The first-order valence-electron chi connectivity index (χ1n) is 14.5. The number of likely N-dealkylation sites (tertiary alicyclic amines) is 1. The van der Waals surface area contributed by atoms with Gasteiger partial charge in [0.2, 0.25) is 0 Å². The minimum atomic E-state index is 0.719. The average molecular weight is 552 g/mol. The van der Waals surface area contributed by atoms with Gasteiger partial charge in [0.25, 0.3) is 0 Å². The smallest absolute Gasteiger partial charge is 0.142 e. The molecule has 2 aromatic carbocycles. The number of likely N-dealkylation sites (N-methyl/N-ethyl adjacent to an activating group) is 1. The quantitative estimate of drug-likeness (QED) is 0.257. The number of benzene rings is 2. The van der Waals surface area contributed by atoms with E-state index in [4.69, 9.17) is 4.98 Å². The topological polar surface area (TPSA) is 62.1 Å². The van der Waals surface area contributed by atoms with Gasteiger partial charge in [-0.25, -0.2) is 9.97 Å². The van der Waals surface area contributed by atoms with Crippen molar-refractivity contribution < 1.29 is 0 Å². The zero-order valence-corrected chi connectivity index (χ0v) is 24.2. The Hall–Kier alpha value is -3.33. The Bertz CT molecular complexity index is 1620. The molecule has 0 saturated carbocycles. The third-order valence-corrected chi connectivity index (χ3v) is 10.0. The summed E-state index contributed by atoms with van der Waals surface area (Å²) in [5, 5.41) is 10.6. The summed E-state index contributed by atoms with van der Waals surface area (Å²) in [6.07, 6.45) is 9.80. The minimum absolute atomic E-state index is 0.719. The molecule has 8 heteroatoms. The van der Waals surface area contributed by atoms with E-state index in [9.17, 15) is 0 Å². The highest BCUT2D eigenvalue weighted by Crippen LogP contribution is 2.41. The molecule has 4 heterocycles. The Labute approximate surface area is 239 Å². The Balaban J connectivity index is 1.06. The van der Waals surface area contributed by atoms with Crippen molar-refractivity contribution in [3.05, 3.63) is 77.1 Å². The third-order valence-electron chi connectivity index (χ3n) is 8.86. The first-order chi connectivity index (χ1) is 19.6. The van der Waals surface area contributed by atoms with Crippen LogP contribution in [0.5, 0.6) is 0 Å². The first kappa shape index (κ1) is 25.6. The predicted molar refractivity (Wildman–Crippen MR) is 165 cm³/mol. The van der Waals surface area contributed by atoms with Crippen LogP contribution in [0.1, 0.15) is 35.3 Å². The molecule has 1 aliphatic heterocycles. The van der Waals surface area contributed by atoms with E-state index in [1.54, 1.807) is 6.33 Å². The van der Waals surface area contributed by atoms with Crippen molar-refractivity contribution in [1.29, 1.82) is 0 Å². The number of fused-ring (bicyclic) bond motifs is 4. The van der Waals surface area contributed by atoms with Crippen molar-refractivity contribution in [2.24, 2.45) is 5.92 Å². The molecule has 3 aromatic heterocycles. The molecule has 5 aromatic rings. The van der Waals surface area contributed by atoms with E-state index in [-0.39, 0.29) is 0 Å². The maximum Gasteiger partial charge on any atom is 0.142 e. The number of hydrogen-bond donors (Lipinski definition) is 1. The van der Waals surface area contributed by atoms with Crippen LogP contribution in [0.15, 0.2) is 61.1 Å².